The van der Waals surface area contributed by atoms with Gasteiger partial charge in [0.25, 0.3) is 5.91 Å². The molecule has 0 radical (unpaired) electrons. The average Bonchev–Trinajstić information content (AvgIpc) is 2.89. The normalized spacial score (nSPS) is 12.7. The lowest BCUT2D eigenvalue weighted by Crippen LogP contribution is -2.27. The van der Waals surface area contributed by atoms with Gasteiger partial charge in [0, 0.05) is 18.0 Å². The molecule has 4 rings (SSSR count). The fourth-order valence-electron chi connectivity index (χ4n) is 3.54. The van der Waals surface area contributed by atoms with Crippen LogP contribution < -0.4 is 10.6 Å². The number of carbonyl (C=O) groups excluding carboxylic acids is 2. The Balaban J connectivity index is 1.62. The molecular formula is C28H26FN5O4S. The number of aromatic nitrogens is 2. The molecule has 0 aliphatic carbocycles. The van der Waals surface area contributed by atoms with Gasteiger partial charge in [0.15, 0.2) is 5.03 Å². The van der Waals surface area contributed by atoms with Crippen molar-refractivity contribution in [3.05, 3.63) is 96.7 Å². The number of benzene rings is 3. The van der Waals surface area contributed by atoms with Gasteiger partial charge in [0.2, 0.25) is 0 Å². The maximum atomic E-state index is 13.4. The average molecular weight is 548 g/mol. The number of hydrogen-bond donors (Lipinski definition) is 3. The number of nitrogens with zero attached hydrogens (tertiary/aromatic N) is 2. The van der Waals surface area contributed by atoms with E-state index in [-0.39, 0.29) is 32.7 Å². The van der Waals surface area contributed by atoms with Gasteiger partial charge in [0.1, 0.15) is 21.1 Å². The second-order valence-electron chi connectivity index (χ2n) is 9.47. The molecule has 39 heavy (non-hydrogen) atoms. The number of halogens is 1. The van der Waals surface area contributed by atoms with E-state index in [4.69, 9.17) is 9.52 Å². The third-order valence-corrected chi connectivity index (χ3v) is 7.10. The van der Waals surface area contributed by atoms with Crippen molar-refractivity contribution in [3.8, 4) is 11.1 Å². The van der Waals surface area contributed by atoms with E-state index >= 15 is 0 Å². The number of anilines is 2. The molecule has 1 heterocycles. The summed E-state index contributed by atoms with van der Waals surface area (Å²) in [5.74, 6) is -0.893. The summed E-state index contributed by atoms with van der Waals surface area (Å²) in [4.78, 5) is 33.6. The molecule has 0 spiro atoms. The fraction of sp³-hybridized carbons (Fsp3) is 0.143. The molecular weight excluding hydrogens is 521 g/mol. The van der Waals surface area contributed by atoms with Crippen molar-refractivity contribution < 1.29 is 22.9 Å². The molecule has 0 saturated heterocycles. The first-order chi connectivity index (χ1) is 18.4. The van der Waals surface area contributed by atoms with Gasteiger partial charge in [-0.05, 0) is 80.4 Å². The van der Waals surface area contributed by atoms with Crippen molar-refractivity contribution in [2.45, 2.75) is 36.3 Å². The molecule has 1 unspecified atom stereocenters. The molecule has 9 nitrogen and oxygen atoms in total. The summed E-state index contributed by atoms with van der Waals surface area (Å²) in [6.45, 7) is 5.20. The Bertz CT molecular complexity index is 1600. The smallest absolute Gasteiger partial charge is 0.412 e. The number of amides is 2. The van der Waals surface area contributed by atoms with Crippen LogP contribution in [0.4, 0.5) is 20.6 Å². The van der Waals surface area contributed by atoms with Gasteiger partial charge in [-0.2, -0.15) is 0 Å². The van der Waals surface area contributed by atoms with E-state index in [1.165, 1.54) is 55.0 Å². The predicted molar refractivity (Wildman–Crippen MR) is 146 cm³/mol. The number of nitrogens with one attached hydrogen (secondary N) is 3. The largest absolute Gasteiger partial charge is 0.444 e. The standard InChI is InChI=1S/C28H26FN5O4S/c1-28(2,3)38-27(36)34-23-13-8-20(18-4-9-21(29)10-5-18)16-24(23)33-26(35)19-6-11-22(12-7-19)39(30,37)25-17-31-14-15-32-25/h4-17,30H,1-3H3,(H,33,35)(H,34,36). The van der Waals surface area contributed by atoms with Crippen molar-refractivity contribution in [1.82, 2.24) is 9.97 Å². The van der Waals surface area contributed by atoms with Crippen molar-refractivity contribution >= 4 is 33.1 Å². The first kappa shape index (κ1) is 27.4. The van der Waals surface area contributed by atoms with E-state index in [0.717, 1.165) is 0 Å². The lowest BCUT2D eigenvalue weighted by molar-refractivity contribution is 0.0635. The molecule has 0 bridgehead atoms. The quantitative estimate of drug-likeness (QED) is 0.258. The number of carbonyl (C=O) groups is 2. The van der Waals surface area contributed by atoms with Gasteiger partial charge in [0.05, 0.1) is 22.5 Å². The third-order valence-electron chi connectivity index (χ3n) is 5.36. The van der Waals surface area contributed by atoms with E-state index in [1.807, 2.05) is 0 Å². The van der Waals surface area contributed by atoms with Gasteiger partial charge in [-0.1, -0.05) is 18.2 Å². The molecule has 3 N–H and O–H groups in total. The minimum atomic E-state index is -3.41. The number of hydrogen-bond acceptors (Lipinski definition) is 7. The first-order valence-corrected chi connectivity index (χ1v) is 13.3. The molecule has 1 aromatic heterocycles. The van der Waals surface area contributed by atoms with Crippen LogP contribution in [0.15, 0.2) is 95.2 Å². The SMILES string of the molecule is CC(C)(C)OC(=O)Nc1ccc(-c2ccc(F)cc2)cc1NC(=O)c1ccc(S(=N)(=O)c2cnccn2)cc1. The lowest BCUT2D eigenvalue weighted by atomic mass is 10.0. The van der Waals surface area contributed by atoms with E-state index in [9.17, 15) is 18.2 Å². The van der Waals surface area contributed by atoms with Crippen LogP contribution in [-0.2, 0) is 14.5 Å². The van der Waals surface area contributed by atoms with Crippen LogP contribution >= 0.6 is 0 Å². The van der Waals surface area contributed by atoms with Crippen LogP contribution in [0.3, 0.4) is 0 Å². The van der Waals surface area contributed by atoms with Gasteiger partial charge < -0.3 is 10.1 Å². The zero-order valence-electron chi connectivity index (χ0n) is 21.4. The summed E-state index contributed by atoms with van der Waals surface area (Å²) in [6.07, 6.45) is 3.34. The lowest BCUT2D eigenvalue weighted by Gasteiger charge is -2.21. The molecule has 3 aromatic carbocycles. The molecule has 4 aromatic rings. The van der Waals surface area contributed by atoms with Crippen LogP contribution in [0, 0.1) is 10.6 Å². The second kappa shape index (κ2) is 11.0. The summed E-state index contributed by atoms with van der Waals surface area (Å²) in [5.41, 5.74) is 1.44. The Kier molecular flexibility index (Phi) is 7.73. The van der Waals surface area contributed by atoms with Crippen molar-refractivity contribution in [2.24, 2.45) is 0 Å². The molecule has 2 amide bonds. The Morgan fingerprint density at radius 3 is 2.18 bits per heavy atom. The van der Waals surface area contributed by atoms with E-state index in [1.54, 1.807) is 51.1 Å². The Morgan fingerprint density at radius 2 is 1.56 bits per heavy atom. The third kappa shape index (κ3) is 6.82. The summed E-state index contributed by atoms with van der Waals surface area (Å²) >= 11 is 0. The van der Waals surface area contributed by atoms with Crippen molar-refractivity contribution in [2.75, 3.05) is 10.6 Å². The maximum absolute atomic E-state index is 13.4. The topological polar surface area (TPSA) is 134 Å². The van der Waals surface area contributed by atoms with Crippen LogP contribution in [-0.4, -0.2) is 31.8 Å². The second-order valence-corrected chi connectivity index (χ2v) is 11.5. The van der Waals surface area contributed by atoms with Crippen LogP contribution in [0.25, 0.3) is 11.1 Å². The van der Waals surface area contributed by atoms with E-state index in [0.29, 0.717) is 11.1 Å². The van der Waals surface area contributed by atoms with Crippen molar-refractivity contribution in [3.63, 3.8) is 0 Å². The minimum Gasteiger partial charge on any atom is -0.444 e. The summed E-state index contributed by atoms with van der Waals surface area (Å²) in [5, 5.41) is 5.44. The van der Waals surface area contributed by atoms with E-state index < -0.39 is 27.3 Å². The first-order valence-electron chi connectivity index (χ1n) is 11.8. The maximum Gasteiger partial charge on any atom is 0.412 e. The molecule has 0 aliphatic heterocycles. The van der Waals surface area contributed by atoms with Gasteiger partial charge in [-0.15, -0.1) is 0 Å². The van der Waals surface area contributed by atoms with Crippen molar-refractivity contribution in [1.29, 1.82) is 4.78 Å². The molecule has 0 fully saturated rings. The Labute approximate surface area is 225 Å². The zero-order valence-corrected chi connectivity index (χ0v) is 22.2. The molecule has 1 atom stereocenters. The Hall–Kier alpha value is -4.64. The van der Waals surface area contributed by atoms with Crippen LogP contribution in [0.5, 0.6) is 0 Å². The minimum absolute atomic E-state index is 0.0117. The molecule has 11 heteroatoms. The number of ether oxygens (including phenoxy) is 1. The highest BCUT2D eigenvalue weighted by Gasteiger charge is 2.20. The number of rotatable bonds is 6. The summed E-state index contributed by atoms with van der Waals surface area (Å²) in [7, 11) is -3.41. The molecule has 0 saturated carbocycles. The van der Waals surface area contributed by atoms with Gasteiger partial charge in [-0.25, -0.2) is 23.2 Å². The van der Waals surface area contributed by atoms with Crippen LogP contribution in [0.2, 0.25) is 0 Å². The Morgan fingerprint density at radius 1 is 0.897 bits per heavy atom. The summed E-state index contributed by atoms with van der Waals surface area (Å²) in [6, 6.07) is 16.6. The highest BCUT2D eigenvalue weighted by Crippen LogP contribution is 2.30. The zero-order chi connectivity index (χ0) is 28.2. The highest BCUT2D eigenvalue weighted by atomic mass is 32.2. The fourth-order valence-corrected chi connectivity index (χ4v) is 4.72. The predicted octanol–water partition coefficient (Wildman–Crippen LogP) is 6.35. The van der Waals surface area contributed by atoms with Gasteiger partial charge >= 0.3 is 6.09 Å². The molecule has 200 valence electrons. The van der Waals surface area contributed by atoms with E-state index in [2.05, 4.69) is 20.6 Å². The van der Waals surface area contributed by atoms with Crippen LogP contribution in [0.1, 0.15) is 31.1 Å². The monoisotopic (exact) mass is 547 g/mol. The van der Waals surface area contributed by atoms with Gasteiger partial charge in [-0.3, -0.25) is 15.1 Å². The molecule has 0 aliphatic rings. The highest BCUT2D eigenvalue weighted by molar-refractivity contribution is 7.92. The summed E-state index contributed by atoms with van der Waals surface area (Å²) < 4.78 is 40.0.